The van der Waals surface area contributed by atoms with E-state index < -0.39 is 0 Å². The molecular weight excluding hydrogens is 226 g/mol. The molecular formula is C14H23N3O. The highest BCUT2D eigenvalue weighted by Gasteiger charge is 2.37. The first kappa shape index (κ1) is 13.1. The Morgan fingerprint density at radius 2 is 1.89 bits per heavy atom. The molecule has 18 heavy (non-hydrogen) atoms. The molecule has 4 nitrogen and oxygen atoms in total. The molecule has 0 aromatic heterocycles. The van der Waals surface area contributed by atoms with Gasteiger partial charge in [-0.05, 0) is 18.8 Å². The molecule has 0 spiro atoms. The molecule has 1 fully saturated rings. The number of aliphatic imine (C=N–C) groups is 1. The summed E-state index contributed by atoms with van der Waals surface area (Å²) < 4.78 is 0. The van der Waals surface area contributed by atoms with Crippen molar-refractivity contribution < 1.29 is 4.79 Å². The highest BCUT2D eigenvalue weighted by atomic mass is 16.2. The van der Waals surface area contributed by atoms with Gasteiger partial charge in [-0.3, -0.25) is 0 Å². The second kappa shape index (κ2) is 6.03. The van der Waals surface area contributed by atoms with Gasteiger partial charge in [-0.1, -0.05) is 38.2 Å². The second-order valence-electron chi connectivity index (χ2n) is 5.31. The average Bonchev–Trinajstić information content (AvgIpc) is 2.55. The summed E-state index contributed by atoms with van der Waals surface area (Å²) in [6, 6.07) is -0.187. The zero-order valence-electron chi connectivity index (χ0n) is 11.0. The third-order valence-electron chi connectivity index (χ3n) is 4.03. The van der Waals surface area contributed by atoms with Crippen molar-refractivity contribution in [2.24, 2.45) is 16.6 Å². The average molecular weight is 249 g/mol. The maximum Gasteiger partial charge on any atom is 0.346 e. The van der Waals surface area contributed by atoms with Crippen LogP contribution < -0.4 is 5.73 Å². The second-order valence-corrected chi connectivity index (χ2v) is 5.31. The van der Waals surface area contributed by atoms with Crippen LogP contribution in [0.4, 0.5) is 4.79 Å². The van der Waals surface area contributed by atoms with Crippen LogP contribution in [-0.2, 0) is 0 Å². The van der Waals surface area contributed by atoms with Gasteiger partial charge in [0, 0.05) is 6.54 Å². The monoisotopic (exact) mass is 249 g/mol. The quantitative estimate of drug-likeness (QED) is 0.782. The van der Waals surface area contributed by atoms with Crippen molar-refractivity contribution >= 4 is 11.9 Å². The minimum Gasteiger partial charge on any atom is -0.385 e. The predicted molar refractivity (Wildman–Crippen MR) is 73.5 cm³/mol. The summed E-state index contributed by atoms with van der Waals surface area (Å²) >= 11 is 0. The van der Waals surface area contributed by atoms with Crippen molar-refractivity contribution in [3.05, 3.63) is 12.7 Å². The lowest BCUT2D eigenvalue weighted by Gasteiger charge is -2.31. The van der Waals surface area contributed by atoms with E-state index in [1.807, 2.05) is 0 Å². The molecule has 1 atom stereocenters. The van der Waals surface area contributed by atoms with Crippen molar-refractivity contribution in [2.75, 3.05) is 6.54 Å². The van der Waals surface area contributed by atoms with E-state index >= 15 is 0 Å². The Balaban J connectivity index is 2.09. The van der Waals surface area contributed by atoms with Crippen LogP contribution in [0.15, 0.2) is 17.6 Å². The van der Waals surface area contributed by atoms with E-state index in [0.717, 1.165) is 12.8 Å². The molecule has 1 saturated carbocycles. The van der Waals surface area contributed by atoms with Crippen LogP contribution in [0.5, 0.6) is 0 Å². The summed E-state index contributed by atoms with van der Waals surface area (Å²) in [5.41, 5.74) is 5.96. The van der Waals surface area contributed by atoms with E-state index in [4.69, 9.17) is 5.73 Å². The molecule has 2 N–H and O–H groups in total. The van der Waals surface area contributed by atoms with Crippen LogP contribution in [0.2, 0.25) is 0 Å². The highest BCUT2D eigenvalue weighted by molar-refractivity contribution is 6.03. The van der Waals surface area contributed by atoms with Gasteiger partial charge in [0.2, 0.25) is 0 Å². The summed E-state index contributed by atoms with van der Waals surface area (Å²) in [6.07, 6.45) is 10.5. The fourth-order valence-electron chi connectivity index (χ4n) is 3.15. The molecule has 2 aliphatic rings. The number of carbonyl (C=O) groups is 1. The van der Waals surface area contributed by atoms with Crippen LogP contribution in [-0.4, -0.2) is 29.4 Å². The van der Waals surface area contributed by atoms with Crippen molar-refractivity contribution in [1.82, 2.24) is 4.90 Å². The number of carbonyl (C=O) groups excluding carboxylic acids is 1. The first-order valence-corrected chi connectivity index (χ1v) is 6.99. The SMILES string of the molecule is C=CCN1C(=O)N=C(N)C1C1CCCCCCC1. The van der Waals surface area contributed by atoms with Gasteiger partial charge in [-0.25, -0.2) is 4.79 Å². The van der Waals surface area contributed by atoms with E-state index in [0.29, 0.717) is 18.3 Å². The molecule has 1 unspecified atom stereocenters. The van der Waals surface area contributed by atoms with E-state index in [-0.39, 0.29) is 12.1 Å². The molecule has 2 rings (SSSR count). The largest absolute Gasteiger partial charge is 0.385 e. The van der Waals surface area contributed by atoms with Crippen molar-refractivity contribution in [1.29, 1.82) is 0 Å². The smallest absolute Gasteiger partial charge is 0.346 e. The third-order valence-corrected chi connectivity index (χ3v) is 4.03. The molecule has 0 saturated heterocycles. The lowest BCUT2D eigenvalue weighted by Crippen LogP contribution is -2.45. The molecule has 100 valence electrons. The van der Waals surface area contributed by atoms with Crippen molar-refractivity contribution in [3.63, 3.8) is 0 Å². The molecule has 0 bridgehead atoms. The van der Waals surface area contributed by atoms with Gasteiger partial charge < -0.3 is 10.6 Å². The number of hydrogen-bond donors (Lipinski definition) is 1. The summed E-state index contributed by atoms with van der Waals surface area (Å²) in [6.45, 7) is 4.26. The lowest BCUT2D eigenvalue weighted by atomic mass is 9.85. The zero-order chi connectivity index (χ0) is 13.0. The Morgan fingerprint density at radius 3 is 2.50 bits per heavy atom. The van der Waals surface area contributed by atoms with Crippen molar-refractivity contribution in [3.8, 4) is 0 Å². The Hall–Kier alpha value is -1.32. The molecule has 1 aliphatic heterocycles. The summed E-state index contributed by atoms with van der Waals surface area (Å²) in [5, 5.41) is 0. The van der Waals surface area contributed by atoms with Gasteiger partial charge in [0.1, 0.15) is 5.84 Å². The maximum atomic E-state index is 11.8. The van der Waals surface area contributed by atoms with Gasteiger partial charge in [0.15, 0.2) is 0 Å². The number of amidine groups is 1. The summed E-state index contributed by atoms with van der Waals surface area (Å²) in [4.78, 5) is 17.5. The minimum absolute atomic E-state index is 0.00796. The van der Waals surface area contributed by atoms with Gasteiger partial charge in [0.05, 0.1) is 6.04 Å². The van der Waals surface area contributed by atoms with E-state index in [1.54, 1.807) is 11.0 Å². The maximum absolute atomic E-state index is 11.8. The highest BCUT2D eigenvalue weighted by Crippen LogP contribution is 2.30. The van der Waals surface area contributed by atoms with E-state index in [9.17, 15) is 4.79 Å². The Labute approximate surface area is 109 Å². The van der Waals surface area contributed by atoms with Crippen molar-refractivity contribution in [2.45, 2.75) is 51.0 Å². The van der Waals surface area contributed by atoms with E-state index in [2.05, 4.69) is 11.6 Å². The van der Waals surface area contributed by atoms with Crippen LogP contribution in [0, 0.1) is 5.92 Å². The first-order valence-electron chi connectivity index (χ1n) is 6.99. The fourth-order valence-corrected chi connectivity index (χ4v) is 3.15. The fraction of sp³-hybridized carbons (Fsp3) is 0.714. The number of nitrogens with zero attached hydrogens (tertiary/aromatic N) is 2. The van der Waals surface area contributed by atoms with Gasteiger partial charge in [-0.15, -0.1) is 6.58 Å². The minimum atomic E-state index is -0.195. The zero-order valence-corrected chi connectivity index (χ0v) is 11.0. The van der Waals surface area contributed by atoms with E-state index in [1.165, 1.54) is 32.1 Å². The first-order chi connectivity index (χ1) is 8.74. The molecule has 4 heteroatoms. The lowest BCUT2D eigenvalue weighted by molar-refractivity contribution is 0.188. The Kier molecular flexibility index (Phi) is 4.39. The molecule has 1 heterocycles. The standard InChI is InChI=1S/C14H23N3O/c1-2-10-17-12(13(15)16-14(17)18)11-8-6-4-3-5-7-9-11/h2,11-12H,1,3-10H2,(H2,15,16,18). The number of hydrogen-bond acceptors (Lipinski definition) is 2. The van der Waals surface area contributed by atoms with Gasteiger partial charge >= 0.3 is 6.03 Å². The van der Waals surface area contributed by atoms with Crippen LogP contribution >= 0.6 is 0 Å². The molecule has 2 amide bonds. The molecule has 0 aromatic carbocycles. The number of amides is 2. The van der Waals surface area contributed by atoms with Crippen LogP contribution in [0.25, 0.3) is 0 Å². The molecule has 0 radical (unpaired) electrons. The van der Waals surface area contributed by atoms with Gasteiger partial charge in [-0.2, -0.15) is 4.99 Å². The normalized spacial score (nSPS) is 26.7. The third kappa shape index (κ3) is 2.74. The molecule has 1 aliphatic carbocycles. The predicted octanol–water partition coefficient (Wildman–Crippen LogP) is 2.69. The van der Waals surface area contributed by atoms with Crippen LogP contribution in [0.3, 0.4) is 0 Å². The number of nitrogens with two attached hydrogens (primary N) is 1. The number of urea groups is 1. The Bertz CT molecular complexity index is 343. The molecule has 0 aromatic rings. The summed E-state index contributed by atoms with van der Waals surface area (Å²) in [5.74, 6) is 0.980. The number of rotatable bonds is 3. The summed E-state index contributed by atoms with van der Waals surface area (Å²) in [7, 11) is 0. The van der Waals surface area contributed by atoms with Gasteiger partial charge in [0.25, 0.3) is 0 Å². The van der Waals surface area contributed by atoms with Crippen LogP contribution in [0.1, 0.15) is 44.9 Å². The Morgan fingerprint density at radius 1 is 1.28 bits per heavy atom. The topological polar surface area (TPSA) is 58.7 Å².